The van der Waals surface area contributed by atoms with Crippen LogP contribution in [0.5, 0.6) is 0 Å². The van der Waals surface area contributed by atoms with E-state index in [0.717, 1.165) is 52.9 Å². The Balaban J connectivity index is 0.972. The minimum Gasteiger partial charge on any atom is -0.453 e. The molecule has 0 saturated carbocycles. The predicted octanol–water partition coefficient (Wildman–Crippen LogP) is 5.38. The van der Waals surface area contributed by atoms with Gasteiger partial charge in [-0.25, -0.2) is 24.5 Å². The van der Waals surface area contributed by atoms with E-state index < -0.39 is 29.9 Å². The van der Waals surface area contributed by atoms with Crippen LogP contribution < -0.4 is 5.32 Å². The first-order chi connectivity index (χ1) is 28.0. The Morgan fingerprint density at radius 1 is 0.879 bits per heavy atom. The van der Waals surface area contributed by atoms with Crippen LogP contribution in [-0.4, -0.2) is 108 Å². The minimum absolute atomic E-state index is 0.112. The van der Waals surface area contributed by atoms with E-state index in [4.69, 9.17) is 14.5 Å². The highest BCUT2D eigenvalue weighted by molar-refractivity contribution is 5.91. The summed E-state index contributed by atoms with van der Waals surface area (Å²) < 4.78 is 11.8. The number of fused-ring (bicyclic) bond motifs is 1. The SMILES string of the molecule is COC(=O)N[C@H](C(=O)N1CCC[C@H]1c1ncc(-c2ccc(-c3ccc(-c4cnc([C@]56CCCN5C(=O)[C@H](Cc5cn(C)cn5)N6C(=O)OC)[nH]4)cc3)cc2)[nH]1)C(C)C. The van der Waals surface area contributed by atoms with Crippen LogP contribution in [-0.2, 0) is 38.2 Å². The fourth-order valence-corrected chi connectivity index (χ4v) is 8.78. The molecule has 0 unspecified atom stereocenters. The van der Waals surface area contributed by atoms with E-state index in [9.17, 15) is 19.2 Å². The van der Waals surface area contributed by atoms with Gasteiger partial charge in [0.1, 0.15) is 17.9 Å². The van der Waals surface area contributed by atoms with Gasteiger partial charge in [0.25, 0.3) is 0 Å². The Kier molecular flexibility index (Phi) is 10.3. The molecule has 3 aliphatic rings. The molecular formula is C42H48N10O6. The molecule has 0 aliphatic carbocycles. The van der Waals surface area contributed by atoms with E-state index in [0.29, 0.717) is 36.9 Å². The van der Waals surface area contributed by atoms with Gasteiger partial charge in [0.2, 0.25) is 11.8 Å². The molecule has 6 heterocycles. The Bertz CT molecular complexity index is 2310. The molecule has 3 fully saturated rings. The molecule has 16 nitrogen and oxygen atoms in total. The number of hydrogen-bond acceptors (Lipinski definition) is 9. The van der Waals surface area contributed by atoms with Crippen molar-refractivity contribution in [2.45, 2.75) is 69.7 Å². The van der Waals surface area contributed by atoms with Crippen LogP contribution in [0.15, 0.2) is 73.4 Å². The number of hydrogen-bond donors (Lipinski definition) is 3. The summed E-state index contributed by atoms with van der Waals surface area (Å²) in [5.41, 5.74) is 5.15. The third-order valence-electron chi connectivity index (χ3n) is 11.7. The molecule has 58 heavy (non-hydrogen) atoms. The van der Waals surface area contributed by atoms with Crippen molar-refractivity contribution in [1.82, 2.24) is 49.5 Å². The number of aryl methyl sites for hydroxylation is 1. The monoisotopic (exact) mass is 788 g/mol. The lowest BCUT2D eigenvalue weighted by Gasteiger charge is -2.37. The molecule has 5 aromatic rings. The van der Waals surface area contributed by atoms with Crippen molar-refractivity contribution in [3.05, 3.63) is 90.8 Å². The second-order valence-electron chi connectivity index (χ2n) is 15.5. The summed E-state index contributed by atoms with van der Waals surface area (Å²) in [6.45, 7) is 4.89. The fraction of sp³-hybridized carbons (Fsp3) is 0.405. The first-order valence-electron chi connectivity index (χ1n) is 19.6. The Labute approximate surface area is 336 Å². The standard InChI is InChI=1S/C42H48N10O6/c1-25(2)35(48-40(55)57-4)38(54)50-18-6-8-33(50)36-43-21-31(46-36)28-13-9-26(10-14-28)27-11-15-29(16-12-27)32-22-44-39(47-32)42-17-7-19-51(42)37(53)34(52(42)41(56)58-5)20-30-23-49(3)24-45-30/h9-16,21-25,33-35H,6-8,17-20H2,1-5H3,(H,43,46)(H,44,47)(H,48,55)/t33-,34-,35-,42+/m0/s1. The van der Waals surface area contributed by atoms with Crippen molar-refractivity contribution in [1.29, 1.82) is 0 Å². The van der Waals surface area contributed by atoms with E-state index >= 15 is 0 Å². The zero-order chi connectivity index (χ0) is 40.7. The zero-order valence-electron chi connectivity index (χ0n) is 33.3. The van der Waals surface area contributed by atoms with Crippen molar-refractivity contribution >= 4 is 24.0 Å². The lowest BCUT2D eigenvalue weighted by Crippen LogP contribution is -2.52. The number of benzene rings is 2. The van der Waals surface area contributed by atoms with Gasteiger partial charge in [-0.2, -0.15) is 0 Å². The molecule has 0 spiro atoms. The summed E-state index contributed by atoms with van der Waals surface area (Å²) in [5.74, 6) is 0.828. The predicted molar refractivity (Wildman–Crippen MR) is 212 cm³/mol. The number of alkyl carbamates (subject to hydrolysis) is 1. The maximum Gasteiger partial charge on any atom is 0.412 e. The Morgan fingerprint density at radius 3 is 2.16 bits per heavy atom. The topological polar surface area (TPSA) is 184 Å². The number of nitrogens with one attached hydrogen (secondary N) is 3. The molecule has 0 bridgehead atoms. The number of imidazole rings is 3. The first kappa shape index (κ1) is 38.4. The van der Waals surface area contributed by atoms with E-state index in [1.807, 2.05) is 68.1 Å². The number of methoxy groups -OCH3 is 2. The molecule has 0 radical (unpaired) electrons. The first-order valence-corrected chi connectivity index (χ1v) is 19.6. The average molecular weight is 789 g/mol. The van der Waals surface area contributed by atoms with Crippen LogP contribution in [0.1, 0.15) is 62.9 Å². The van der Waals surface area contributed by atoms with E-state index in [-0.39, 0.29) is 30.2 Å². The van der Waals surface area contributed by atoms with Crippen LogP contribution in [0.2, 0.25) is 0 Å². The van der Waals surface area contributed by atoms with Gasteiger partial charge in [0.05, 0.1) is 56.1 Å². The summed E-state index contributed by atoms with van der Waals surface area (Å²) in [5, 5.41) is 2.69. The number of amides is 4. The third-order valence-corrected chi connectivity index (χ3v) is 11.7. The highest BCUT2D eigenvalue weighted by atomic mass is 16.5. The number of H-pyrrole nitrogens is 2. The van der Waals surface area contributed by atoms with Crippen LogP contribution in [0.3, 0.4) is 0 Å². The summed E-state index contributed by atoms with van der Waals surface area (Å²) in [6, 6.07) is 14.7. The zero-order valence-corrected chi connectivity index (χ0v) is 33.3. The molecular weight excluding hydrogens is 741 g/mol. The minimum atomic E-state index is -1.09. The Hall–Kier alpha value is -6.45. The van der Waals surface area contributed by atoms with Crippen molar-refractivity contribution in [3.8, 4) is 33.6 Å². The van der Waals surface area contributed by atoms with Gasteiger partial charge in [-0.1, -0.05) is 62.4 Å². The molecule has 3 N–H and O–H groups in total. The molecule has 3 aliphatic heterocycles. The van der Waals surface area contributed by atoms with Crippen LogP contribution in [0.4, 0.5) is 9.59 Å². The van der Waals surface area contributed by atoms with Crippen LogP contribution >= 0.6 is 0 Å². The number of aromatic amines is 2. The molecule has 2 aromatic carbocycles. The van der Waals surface area contributed by atoms with Gasteiger partial charge in [-0.05, 0) is 53.9 Å². The van der Waals surface area contributed by atoms with Crippen molar-refractivity contribution < 1.29 is 28.7 Å². The van der Waals surface area contributed by atoms with Gasteiger partial charge in [-0.3, -0.25) is 14.5 Å². The fourth-order valence-electron chi connectivity index (χ4n) is 8.78. The van der Waals surface area contributed by atoms with E-state index in [1.165, 1.54) is 14.2 Å². The summed E-state index contributed by atoms with van der Waals surface area (Å²) >= 11 is 0. The number of rotatable bonds is 10. The van der Waals surface area contributed by atoms with Gasteiger partial charge in [-0.15, -0.1) is 0 Å². The molecule has 4 atom stereocenters. The summed E-state index contributed by atoms with van der Waals surface area (Å²) in [7, 11) is 4.49. The van der Waals surface area contributed by atoms with Gasteiger partial charge >= 0.3 is 12.2 Å². The highest BCUT2D eigenvalue weighted by Gasteiger charge is 2.63. The summed E-state index contributed by atoms with van der Waals surface area (Å²) in [4.78, 5) is 78.7. The molecule has 4 amide bonds. The van der Waals surface area contributed by atoms with Crippen molar-refractivity contribution in [2.75, 3.05) is 27.3 Å². The second kappa shape index (κ2) is 15.5. The maximum atomic E-state index is 13.9. The number of nitrogens with zero attached hydrogens (tertiary/aromatic N) is 7. The number of aromatic nitrogens is 6. The van der Waals surface area contributed by atoms with Gasteiger partial charge < -0.3 is 39.1 Å². The maximum absolute atomic E-state index is 13.9. The quantitative estimate of drug-likeness (QED) is 0.167. The Morgan fingerprint density at radius 2 is 1.53 bits per heavy atom. The second-order valence-corrected chi connectivity index (χ2v) is 15.5. The molecule has 3 aromatic heterocycles. The number of carbonyl (C=O) groups excluding carboxylic acids is 4. The van der Waals surface area contributed by atoms with Crippen LogP contribution in [0, 0.1) is 5.92 Å². The molecule has 16 heteroatoms. The average Bonchev–Trinajstić information content (AvgIpc) is 4.10. The van der Waals surface area contributed by atoms with Crippen molar-refractivity contribution in [3.63, 3.8) is 0 Å². The molecule has 3 saturated heterocycles. The lowest BCUT2D eigenvalue weighted by atomic mass is 10.0. The van der Waals surface area contributed by atoms with Crippen molar-refractivity contribution in [2.24, 2.45) is 13.0 Å². The highest BCUT2D eigenvalue weighted by Crippen LogP contribution is 2.48. The number of ether oxygens (including phenoxy) is 2. The smallest absolute Gasteiger partial charge is 0.412 e. The molecule has 302 valence electrons. The summed E-state index contributed by atoms with van der Waals surface area (Å²) in [6.07, 6.45) is 8.99. The molecule has 8 rings (SSSR count). The number of carbonyl (C=O) groups is 4. The van der Waals surface area contributed by atoms with E-state index in [2.05, 4.69) is 37.4 Å². The van der Waals surface area contributed by atoms with Gasteiger partial charge in [0.15, 0.2) is 11.5 Å². The lowest BCUT2D eigenvalue weighted by molar-refractivity contribution is -0.135. The third kappa shape index (κ3) is 6.75. The van der Waals surface area contributed by atoms with E-state index in [1.54, 1.807) is 33.4 Å². The number of likely N-dealkylation sites (tertiary alicyclic amines) is 1. The van der Waals surface area contributed by atoms with Crippen LogP contribution in [0.25, 0.3) is 33.6 Å². The largest absolute Gasteiger partial charge is 0.453 e. The normalized spacial score (nSPS) is 20.8. The van der Waals surface area contributed by atoms with Gasteiger partial charge in [0, 0.05) is 32.8 Å².